The number of carbonyl (C=O) groups excluding carboxylic acids is 1. The first-order chi connectivity index (χ1) is 12.0. The summed E-state index contributed by atoms with van der Waals surface area (Å²) in [5.41, 5.74) is 1.27. The summed E-state index contributed by atoms with van der Waals surface area (Å²) in [5, 5.41) is 0. The molecule has 2 heterocycles. The number of benzene rings is 1. The topological polar surface area (TPSA) is 59.0 Å². The van der Waals surface area contributed by atoms with Crippen LogP contribution in [-0.4, -0.2) is 27.8 Å². The van der Waals surface area contributed by atoms with E-state index in [0.717, 1.165) is 6.07 Å². The van der Waals surface area contributed by atoms with Gasteiger partial charge in [0.1, 0.15) is 18.0 Å². The fourth-order valence-corrected chi connectivity index (χ4v) is 2.34. The lowest BCUT2D eigenvalue weighted by Gasteiger charge is -2.19. The number of ketones is 1. The maximum Gasteiger partial charge on any atom is 0.169 e. The Kier molecular flexibility index (Phi) is 4.74. The van der Waals surface area contributed by atoms with Gasteiger partial charge in [0.15, 0.2) is 5.78 Å². The van der Waals surface area contributed by atoms with Crippen LogP contribution in [0.2, 0.25) is 0 Å². The Labute approximate surface area is 143 Å². The summed E-state index contributed by atoms with van der Waals surface area (Å²) in [6, 6.07) is 6.64. The van der Waals surface area contributed by atoms with E-state index in [1.165, 1.54) is 30.7 Å². The van der Waals surface area contributed by atoms with E-state index >= 15 is 0 Å². The van der Waals surface area contributed by atoms with E-state index in [-0.39, 0.29) is 17.7 Å². The zero-order valence-electron chi connectivity index (χ0n) is 13.4. The molecule has 0 saturated heterocycles. The third-order valence-corrected chi connectivity index (χ3v) is 3.69. The standard InChI is InChI=1S/C18H14F2N4O/c1-24(15-9-21-11-22-10-15)14-6-12(5-13(19)7-14)18(25)8-17-16(20)3-2-4-23-17/h2-7,9-11H,8H2,1H3. The number of hydrogen-bond donors (Lipinski definition) is 0. The summed E-state index contributed by atoms with van der Waals surface area (Å²) in [4.78, 5) is 25.7. The average molecular weight is 340 g/mol. The molecule has 0 fully saturated rings. The summed E-state index contributed by atoms with van der Waals surface area (Å²) in [7, 11) is 1.71. The SMILES string of the molecule is CN(c1cncnc1)c1cc(F)cc(C(=O)Cc2ncccc2F)c1. The molecular weight excluding hydrogens is 326 g/mol. The van der Waals surface area contributed by atoms with Crippen molar-refractivity contribution in [2.75, 3.05) is 11.9 Å². The molecule has 2 aromatic heterocycles. The van der Waals surface area contributed by atoms with Crippen LogP contribution >= 0.6 is 0 Å². The highest BCUT2D eigenvalue weighted by Crippen LogP contribution is 2.25. The zero-order valence-corrected chi connectivity index (χ0v) is 13.4. The first kappa shape index (κ1) is 16.6. The second-order valence-electron chi connectivity index (χ2n) is 5.39. The Balaban J connectivity index is 1.89. The molecule has 0 radical (unpaired) electrons. The molecule has 0 bridgehead atoms. The monoisotopic (exact) mass is 340 g/mol. The number of anilines is 2. The number of aromatic nitrogens is 3. The van der Waals surface area contributed by atoms with E-state index in [9.17, 15) is 13.6 Å². The molecule has 7 heteroatoms. The van der Waals surface area contributed by atoms with Crippen LogP contribution in [0.1, 0.15) is 16.1 Å². The number of hydrogen-bond acceptors (Lipinski definition) is 5. The number of rotatable bonds is 5. The normalized spacial score (nSPS) is 10.5. The number of nitrogens with zero attached hydrogens (tertiary/aromatic N) is 4. The van der Waals surface area contributed by atoms with Crippen molar-refractivity contribution in [2.24, 2.45) is 0 Å². The van der Waals surface area contributed by atoms with Crippen LogP contribution in [-0.2, 0) is 6.42 Å². The molecule has 25 heavy (non-hydrogen) atoms. The van der Waals surface area contributed by atoms with Crippen molar-refractivity contribution in [2.45, 2.75) is 6.42 Å². The second-order valence-corrected chi connectivity index (χ2v) is 5.39. The first-order valence-corrected chi connectivity index (χ1v) is 7.46. The lowest BCUT2D eigenvalue weighted by atomic mass is 10.0. The molecular formula is C18H14F2N4O. The third kappa shape index (κ3) is 3.82. The van der Waals surface area contributed by atoms with Crippen molar-refractivity contribution in [1.82, 2.24) is 15.0 Å². The number of halogens is 2. The Hall–Kier alpha value is -3.22. The Morgan fingerprint density at radius 2 is 1.88 bits per heavy atom. The fourth-order valence-electron chi connectivity index (χ4n) is 2.34. The van der Waals surface area contributed by atoms with E-state index in [1.54, 1.807) is 30.4 Å². The van der Waals surface area contributed by atoms with Gasteiger partial charge in [-0.3, -0.25) is 9.78 Å². The molecule has 5 nitrogen and oxygen atoms in total. The Bertz CT molecular complexity index is 903. The highest BCUT2D eigenvalue weighted by molar-refractivity contribution is 5.98. The van der Waals surface area contributed by atoms with Gasteiger partial charge < -0.3 is 4.90 Å². The van der Waals surface area contributed by atoms with Gasteiger partial charge in [-0.25, -0.2) is 18.7 Å². The van der Waals surface area contributed by atoms with Crippen molar-refractivity contribution in [3.8, 4) is 0 Å². The van der Waals surface area contributed by atoms with Gasteiger partial charge in [-0.05, 0) is 30.3 Å². The number of Topliss-reactive ketones (excluding diaryl/α,β-unsaturated/α-hetero) is 1. The Morgan fingerprint density at radius 1 is 1.12 bits per heavy atom. The minimum absolute atomic E-state index is 0.0307. The average Bonchev–Trinajstić information content (AvgIpc) is 2.63. The minimum atomic E-state index is -0.564. The highest BCUT2D eigenvalue weighted by Gasteiger charge is 2.15. The predicted molar refractivity (Wildman–Crippen MR) is 88.7 cm³/mol. The smallest absolute Gasteiger partial charge is 0.169 e. The van der Waals surface area contributed by atoms with Crippen molar-refractivity contribution in [1.29, 1.82) is 0 Å². The molecule has 0 amide bonds. The van der Waals surface area contributed by atoms with Gasteiger partial charge in [0.25, 0.3) is 0 Å². The molecule has 3 rings (SSSR count). The molecule has 0 aliphatic carbocycles. The second kappa shape index (κ2) is 7.12. The molecule has 0 N–H and O–H groups in total. The van der Waals surface area contributed by atoms with E-state index in [2.05, 4.69) is 15.0 Å². The molecule has 1 aromatic carbocycles. The maximum atomic E-state index is 14.0. The molecule has 0 saturated carbocycles. The van der Waals surface area contributed by atoms with E-state index in [1.807, 2.05) is 0 Å². The number of carbonyl (C=O) groups is 1. The van der Waals surface area contributed by atoms with Crippen molar-refractivity contribution < 1.29 is 13.6 Å². The quantitative estimate of drug-likeness (QED) is 0.667. The molecule has 126 valence electrons. The van der Waals surface area contributed by atoms with E-state index in [0.29, 0.717) is 11.4 Å². The summed E-state index contributed by atoms with van der Waals surface area (Å²) in [6.45, 7) is 0. The summed E-state index contributed by atoms with van der Waals surface area (Å²) < 4.78 is 27.6. The van der Waals surface area contributed by atoms with E-state index < -0.39 is 17.4 Å². The van der Waals surface area contributed by atoms with Crippen molar-refractivity contribution in [3.05, 3.63) is 78.1 Å². The molecule has 0 unspecified atom stereocenters. The summed E-state index contributed by atoms with van der Waals surface area (Å²) in [6.07, 6.45) is 5.70. The summed E-state index contributed by atoms with van der Waals surface area (Å²) >= 11 is 0. The molecule has 0 spiro atoms. The van der Waals surface area contributed by atoms with E-state index in [4.69, 9.17) is 0 Å². The molecule has 3 aromatic rings. The molecule has 0 atom stereocenters. The van der Waals surface area contributed by atoms with Crippen LogP contribution in [0.25, 0.3) is 0 Å². The van der Waals surface area contributed by atoms with Crippen LogP contribution in [0.4, 0.5) is 20.2 Å². The van der Waals surface area contributed by atoms with Gasteiger partial charge >= 0.3 is 0 Å². The maximum absolute atomic E-state index is 14.0. The van der Waals surface area contributed by atoms with Gasteiger partial charge in [-0.15, -0.1) is 0 Å². The van der Waals surface area contributed by atoms with Gasteiger partial charge in [-0.1, -0.05) is 0 Å². The first-order valence-electron chi connectivity index (χ1n) is 7.46. The lowest BCUT2D eigenvalue weighted by Crippen LogP contribution is -2.13. The van der Waals surface area contributed by atoms with Gasteiger partial charge in [-0.2, -0.15) is 0 Å². The third-order valence-electron chi connectivity index (χ3n) is 3.69. The lowest BCUT2D eigenvalue weighted by molar-refractivity contribution is 0.0990. The van der Waals surface area contributed by atoms with Crippen LogP contribution in [0.15, 0.2) is 55.2 Å². The number of pyridine rings is 1. The molecule has 0 aliphatic heterocycles. The van der Waals surface area contributed by atoms with Crippen molar-refractivity contribution in [3.63, 3.8) is 0 Å². The fraction of sp³-hybridized carbons (Fsp3) is 0.111. The van der Waals surface area contributed by atoms with Crippen LogP contribution < -0.4 is 4.90 Å². The summed E-state index contributed by atoms with van der Waals surface area (Å²) in [5.74, 6) is -1.55. The Morgan fingerprint density at radius 3 is 2.60 bits per heavy atom. The van der Waals surface area contributed by atoms with Crippen LogP contribution in [0, 0.1) is 11.6 Å². The van der Waals surface area contributed by atoms with Crippen LogP contribution in [0.5, 0.6) is 0 Å². The molecule has 0 aliphatic rings. The largest absolute Gasteiger partial charge is 0.342 e. The predicted octanol–water partition coefficient (Wildman–Crippen LogP) is 3.34. The zero-order chi connectivity index (χ0) is 17.8. The van der Waals surface area contributed by atoms with Crippen molar-refractivity contribution >= 4 is 17.2 Å². The van der Waals surface area contributed by atoms with Crippen LogP contribution in [0.3, 0.4) is 0 Å². The minimum Gasteiger partial charge on any atom is -0.342 e. The van der Waals surface area contributed by atoms with Gasteiger partial charge in [0, 0.05) is 24.5 Å². The van der Waals surface area contributed by atoms with Gasteiger partial charge in [0.2, 0.25) is 0 Å². The van der Waals surface area contributed by atoms with Gasteiger partial charge in [0.05, 0.1) is 30.2 Å². The highest BCUT2D eigenvalue weighted by atomic mass is 19.1.